The number of anilines is 1. The zero-order valence-electron chi connectivity index (χ0n) is 15.9. The summed E-state index contributed by atoms with van der Waals surface area (Å²) in [4.78, 5) is 12.6. The van der Waals surface area contributed by atoms with Crippen molar-refractivity contribution in [1.29, 1.82) is 0 Å². The van der Waals surface area contributed by atoms with E-state index < -0.39 is 10.0 Å². The minimum atomic E-state index is -3.81. The summed E-state index contributed by atoms with van der Waals surface area (Å²) in [6.07, 6.45) is 0.659. The van der Waals surface area contributed by atoms with Crippen LogP contribution in [0.15, 0.2) is 47.4 Å². The highest BCUT2D eigenvalue weighted by Crippen LogP contribution is 2.37. The van der Waals surface area contributed by atoms with Gasteiger partial charge in [0, 0.05) is 12.1 Å². The van der Waals surface area contributed by atoms with Crippen LogP contribution in [0.25, 0.3) is 0 Å². The molecule has 144 valence electrons. The van der Waals surface area contributed by atoms with E-state index >= 15 is 0 Å². The molecule has 0 spiro atoms. The van der Waals surface area contributed by atoms with Gasteiger partial charge in [0.25, 0.3) is 15.9 Å². The molecule has 0 radical (unpaired) electrons. The first-order chi connectivity index (χ1) is 12.8. The Morgan fingerprint density at radius 1 is 1.22 bits per heavy atom. The molecule has 1 aliphatic rings. The predicted molar refractivity (Wildman–Crippen MR) is 105 cm³/mol. The van der Waals surface area contributed by atoms with E-state index in [1.54, 1.807) is 0 Å². The molecule has 0 saturated heterocycles. The van der Waals surface area contributed by atoms with Crippen molar-refractivity contribution in [2.45, 2.75) is 44.2 Å². The van der Waals surface area contributed by atoms with E-state index in [-0.39, 0.29) is 28.4 Å². The highest BCUT2D eigenvalue weighted by molar-refractivity contribution is 7.92. The number of amides is 1. The van der Waals surface area contributed by atoms with Crippen molar-refractivity contribution in [3.8, 4) is 5.75 Å². The lowest BCUT2D eigenvalue weighted by atomic mass is 10.1. The van der Waals surface area contributed by atoms with Gasteiger partial charge in [0.1, 0.15) is 5.75 Å². The number of methoxy groups -OCH3 is 1. The minimum absolute atomic E-state index is 0.0701. The van der Waals surface area contributed by atoms with Crippen LogP contribution in [0.1, 0.15) is 36.7 Å². The van der Waals surface area contributed by atoms with Crippen LogP contribution in [-0.2, 0) is 16.4 Å². The molecule has 0 unspecified atom stereocenters. The number of benzene rings is 2. The number of sulfonamides is 1. The molecule has 2 aromatic carbocycles. The molecule has 0 saturated carbocycles. The summed E-state index contributed by atoms with van der Waals surface area (Å²) >= 11 is 0. The first-order valence-corrected chi connectivity index (χ1v) is 10.3. The van der Waals surface area contributed by atoms with Gasteiger partial charge in [-0.15, -0.1) is 0 Å². The van der Waals surface area contributed by atoms with Gasteiger partial charge >= 0.3 is 0 Å². The number of rotatable bonds is 5. The molecule has 27 heavy (non-hydrogen) atoms. The monoisotopic (exact) mass is 388 g/mol. The summed E-state index contributed by atoms with van der Waals surface area (Å²) < 4.78 is 33.4. The maximum absolute atomic E-state index is 13.4. The Bertz CT molecular complexity index is 970. The van der Waals surface area contributed by atoms with Gasteiger partial charge in [-0.2, -0.15) is 0 Å². The standard InChI is InChI=1S/C20H24N2O4S/c1-13(2)21-20(23)17-12-16(9-10-19(17)26-4)27(24,25)22-14(3)11-15-7-5-6-8-18(15)22/h5-10,12-14H,11H2,1-4H3,(H,21,23)/t14-/m1/s1. The van der Waals surface area contributed by atoms with Crippen LogP contribution in [0, 0.1) is 0 Å². The molecule has 1 heterocycles. The van der Waals surface area contributed by atoms with Gasteiger partial charge in [-0.25, -0.2) is 8.42 Å². The zero-order chi connectivity index (χ0) is 19.8. The summed E-state index contributed by atoms with van der Waals surface area (Å²) in [5.74, 6) is -0.0317. The molecule has 3 rings (SSSR count). The second kappa shape index (κ2) is 7.23. The smallest absolute Gasteiger partial charge is 0.264 e. The van der Waals surface area contributed by atoms with E-state index in [1.807, 2.05) is 45.0 Å². The van der Waals surface area contributed by atoms with Crippen molar-refractivity contribution >= 4 is 21.6 Å². The lowest BCUT2D eigenvalue weighted by Crippen LogP contribution is -2.36. The molecule has 2 aromatic rings. The SMILES string of the molecule is COc1ccc(S(=O)(=O)N2c3ccccc3C[C@H]2C)cc1C(=O)NC(C)C. The van der Waals surface area contributed by atoms with Gasteiger partial charge in [-0.3, -0.25) is 9.10 Å². The third-order valence-electron chi connectivity index (χ3n) is 4.54. The molecule has 0 fully saturated rings. The molecule has 0 aromatic heterocycles. The number of nitrogens with zero attached hydrogens (tertiary/aromatic N) is 1. The Kier molecular flexibility index (Phi) is 5.15. The van der Waals surface area contributed by atoms with Crippen LogP contribution >= 0.6 is 0 Å². The Labute approximate surface area is 160 Å². The molecular formula is C20H24N2O4S. The third kappa shape index (κ3) is 3.51. The van der Waals surface area contributed by atoms with Crippen molar-refractivity contribution < 1.29 is 17.9 Å². The number of para-hydroxylation sites is 1. The van der Waals surface area contributed by atoms with Crippen LogP contribution in [0.5, 0.6) is 5.75 Å². The van der Waals surface area contributed by atoms with Crippen molar-refractivity contribution in [1.82, 2.24) is 5.32 Å². The summed E-state index contributed by atoms with van der Waals surface area (Å²) in [5.41, 5.74) is 1.89. The van der Waals surface area contributed by atoms with Crippen LogP contribution in [0.4, 0.5) is 5.69 Å². The molecule has 6 nitrogen and oxygen atoms in total. The third-order valence-corrected chi connectivity index (χ3v) is 6.46. The van der Waals surface area contributed by atoms with Gasteiger partial charge in [0.05, 0.1) is 23.3 Å². The number of carbonyl (C=O) groups is 1. The molecule has 1 N–H and O–H groups in total. The minimum Gasteiger partial charge on any atom is -0.496 e. The first-order valence-electron chi connectivity index (χ1n) is 8.87. The van der Waals surface area contributed by atoms with E-state index in [4.69, 9.17) is 4.74 Å². The Morgan fingerprint density at radius 3 is 2.59 bits per heavy atom. The Morgan fingerprint density at radius 2 is 1.93 bits per heavy atom. The summed E-state index contributed by atoms with van der Waals surface area (Å²) in [6.45, 7) is 5.56. The van der Waals surface area contributed by atoms with Crippen molar-refractivity contribution in [3.05, 3.63) is 53.6 Å². The van der Waals surface area contributed by atoms with Gasteiger partial charge in [-0.1, -0.05) is 18.2 Å². The molecule has 1 aliphatic heterocycles. The fourth-order valence-electron chi connectivity index (χ4n) is 3.38. The van der Waals surface area contributed by atoms with Crippen LogP contribution < -0.4 is 14.4 Å². The molecule has 0 aliphatic carbocycles. The average molecular weight is 388 g/mol. The Hall–Kier alpha value is -2.54. The van der Waals surface area contributed by atoms with Crippen molar-refractivity contribution in [2.75, 3.05) is 11.4 Å². The van der Waals surface area contributed by atoms with Crippen LogP contribution in [0.2, 0.25) is 0 Å². The molecule has 1 atom stereocenters. The number of hydrogen-bond donors (Lipinski definition) is 1. The van der Waals surface area contributed by atoms with E-state index in [9.17, 15) is 13.2 Å². The summed E-state index contributed by atoms with van der Waals surface area (Å²) in [5, 5.41) is 2.78. The lowest BCUT2D eigenvalue weighted by molar-refractivity contribution is 0.0940. The quantitative estimate of drug-likeness (QED) is 0.854. The number of fused-ring (bicyclic) bond motifs is 1. The normalized spacial score (nSPS) is 16.3. The van der Waals surface area contributed by atoms with Gasteiger partial charge in [0.2, 0.25) is 0 Å². The lowest BCUT2D eigenvalue weighted by Gasteiger charge is -2.25. The van der Waals surface area contributed by atoms with Crippen LogP contribution in [0.3, 0.4) is 0 Å². The largest absolute Gasteiger partial charge is 0.496 e. The summed E-state index contributed by atoms with van der Waals surface area (Å²) in [7, 11) is -2.36. The highest BCUT2D eigenvalue weighted by atomic mass is 32.2. The molecular weight excluding hydrogens is 364 g/mol. The first kappa shape index (κ1) is 19.2. The zero-order valence-corrected chi connectivity index (χ0v) is 16.7. The van der Waals surface area contributed by atoms with Gasteiger partial charge in [0.15, 0.2) is 0 Å². The highest BCUT2D eigenvalue weighted by Gasteiger charge is 2.36. The van der Waals surface area contributed by atoms with Crippen molar-refractivity contribution in [3.63, 3.8) is 0 Å². The molecule has 7 heteroatoms. The van der Waals surface area contributed by atoms with E-state index in [2.05, 4.69) is 5.32 Å². The molecule has 1 amide bonds. The van der Waals surface area contributed by atoms with E-state index in [1.165, 1.54) is 29.6 Å². The fourth-order valence-corrected chi connectivity index (χ4v) is 5.10. The van der Waals surface area contributed by atoms with Gasteiger partial charge < -0.3 is 10.1 Å². The topological polar surface area (TPSA) is 75.7 Å². The fraction of sp³-hybridized carbons (Fsp3) is 0.350. The van der Waals surface area contributed by atoms with E-state index in [0.717, 1.165) is 5.56 Å². The second-order valence-corrected chi connectivity index (χ2v) is 8.79. The number of nitrogens with one attached hydrogen (secondary N) is 1. The van der Waals surface area contributed by atoms with Gasteiger partial charge in [-0.05, 0) is 57.0 Å². The predicted octanol–water partition coefficient (Wildman–Crippen LogP) is 2.97. The maximum atomic E-state index is 13.4. The Balaban J connectivity index is 2.07. The average Bonchev–Trinajstić information content (AvgIpc) is 2.96. The molecule has 0 bridgehead atoms. The van der Waals surface area contributed by atoms with E-state index in [0.29, 0.717) is 17.9 Å². The maximum Gasteiger partial charge on any atom is 0.264 e. The van der Waals surface area contributed by atoms with Crippen LogP contribution in [-0.4, -0.2) is 33.5 Å². The number of hydrogen-bond acceptors (Lipinski definition) is 4. The van der Waals surface area contributed by atoms with Crippen molar-refractivity contribution in [2.24, 2.45) is 0 Å². The number of ether oxygens (including phenoxy) is 1. The second-order valence-electron chi connectivity index (χ2n) is 6.97. The summed E-state index contributed by atoms with van der Waals surface area (Å²) in [6, 6.07) is 11.6. The number of carbonyl (C=O) groups excluding carboxylic acids is 1.